The van der Waals surface area contributed by atoms with Crippen molar-refractivity contribution in [3.63, 3.8) is 0 Å². The summed E-state index contributed by atoms with van der Waals surface area (Å²) in [4.78, 5) is 12.9. The third-order valence-electron chi connectivity index (χ3n) is 4.07. The molecule has 0 spiro atoms. The number of sulfone groups is 1. The van der Waals surface area contributed by atoms with Crippen LogP contribution >= 0.6 is 11.6 Å². The summed E-state index contributed by atoms with van der Waals surface area (Å²) in [5, 5.41) is 3.23. The second-order valence-corrected chi connectivity index (χ2v) is 8.65. The second-order valence-electron chi connectivity index (χ2n) is 6.23. The minimum atomic E-state index is -3.42. The zero-order valence-corrected chi connectivity index (χ0v) is 16.8. The maximum atomic E-state index is 12.8. The normalized spacial score (nSPS) is 11.1. The van der Waals surface area contributed by atoms with E-state index in [1.807, 2.05) is 0 Å². The molecule has 0 unspecified atom stereocenters. The van der Waals surface area contributed by atoms with Gasteiger partial charge >= 0.3 is 0 Å². The monoisotopic (exact) mass is 415 g/mol. The van der Waals surface area contributed by atoms with E-state index in [9.17, 15) is 13.2 Å². The predicted molar refractivity (Wildman–Crippen MR) is 110 cm³/mol. The van der Waals surface area contributed by atoms with Crippen molar-refractivity contribution in [2.45, 2.75) is 11.8 Å². The molecule has 3 aromatic rings. The fourth-order valence-electron chi connectivity index (χ4n) is 2.57. The zero-order valence-electron chi connectivity index (χ0n) is 15.3. The molecule has 144 valence electrons. The summed E-state index contributed by atoms with van der Waals surface area (Å²) >= 11 is 6.14. The molecule has 1 N–H and O–H groups in total. The number of amides is 1. The van der Waals surface area contributed by atoms with Crippen molar-refractivity contribution in [3.8, 4) is 11.5 Å². The van der Waals surface area contributed by atoms with Gasteiger partial charge in [-0.05, 0) is 48.9 Å². The average Bonchev–Trinajstić information content (AvgIpc) is 2.64. The van der Waals surface area contributed by atoms with Crippen molar-refractivity contribution in [2.75, 3.05) is 11.6 Å². The van der Waals surface area contributed by atoms with Gasteiger partial charge in [0.25, 0.3) is 5.91 Å². The van der Waals surface area contributed by atoms with Gasteiger partial charge in [-0.3, -0.25) is 4.79 Å². The summed E-state index contributed by atoms with van der Waals surface area (Å²) in [6.45, 7) is 1.74. The van der Waals surface area contributed by atoms with E-state index in [4.69, 9.17) is 16.3 Å². The highest BCUT2D eigenvalue weighted by atomic mass is 35.5. The minimum Gasteiger partial charge on any atom is -0.454 e. The lowest BCUT2D eigenvalue weighted by atomic mass is 10.1. The van der Waals surface area contributed by atoms with Crippen LogP contribution in [0.3, 0.4) is 0 Å². The number of ether oxygens (including phenoxy) is 1. The Kier molecular flexibility index (Phi) is 5.72. The van der Waals surface area contributed by atoms with E-state index in [0.29, 0.717) is 27.8 Å². The standard InChI is InChI=1S/C21H18ClNO4S/c1-14-11-12-15(28(2,25)26)13-16(14)21(24)23-18-8-4-6-10-20(18)27-19-9-5-3-7-17(19)22/h3-13H,1-2H3,(H,23,24). The Labute approximate surface area is 168 Å². The van der Waals surface area contributed by atoms with Crippen molar-refractivity contribution in [3.05, 3.63) is 82.9 Å². The molecule has 0 aromatic heterocycles. The van der Waals surface area contributed by atoms with Crippen LogP contribution in [-0.2, 0) is 9.84 Å². The molecule has 3 rings (SSSR count). The van der Waals surface area contributed by atoms with E-state index < -0.39 is 15.7 Å². The predicted octanol–water partition coefficient (Wildman–Crippen LogP) is 5.10. The third-order valence-corrected chi connectivity index (χ3v) is 5.50. The van der Waals surface area contributed by atoms with Gasteiger partial charge in [-0.25, -0.2) is 8.42 Å². The topological polar surface area (TPSA) is 72.5 Å². The van der Waals surface area contributed by atoms with E-state index in [1.54, 1.807) is 61.5 Å². The van der Waals surface area contributed by atoms with Gasteiger partial charge in [-0.1, -0.05) is 41.9 Å². The SMILES string of the molecule is Cc1ccc(S(C)(=O)=O)cc1C(=O)Nc1ccccc1Oc1ccccc1Cl. The highest BCUT2D eigenvalue weighted by Crippen LogP contribution is 2.33. The van der Waals surface area contributed by atoms with Crippen molar-refractivity contribution >= 4 is 33.0 Å². The fraction of sp³-hybridized carbons (Fsp3) is 0.0952. The van der Waals surface area contributed by atoms with Crippen LogP contribution in [0.15, 0.2) is 71.6 Å². The van der Waals surface area contributed by atoms with Crippen LogP contribution in [0.2, 0.25) is 5.02 Å². The smallest absolute Gasteiger partial charge is 0.256 e. The van der Waals surface area contributed by atoms with E-state index in [2.05, 4.69) is 5.32 Å². The lowest BCUT2D eigenvalue weighted by Crippen LogP contribution is -2.15. The number of carbonyl (C=O) groups excluding carboxylic acids is 1. The first-order chi connectivity index (χ1) is 13.3. The number of para-hydroxylation sites is 3. The molecule has 28 heavy (non-hydrogen) atoms. The van der Waals surface area contributed by atoms with Crippen LogP contribution in [-0.4, -0.2) is 20.6 Å². The quantitative estimate of drug-likeness (QED) is 0.629. The molecule has 0 saturated carbocycles. The Bertz CT molecular complexity index is 1140. The molecule has 0 heterocycles. The lowest BCUT2D eigenvalue weighted by molar-refractivity contribution is 0.102. The Morgan fingerprint density at radius 3 is 2.29 bits per heavy atom. The maximum absolute atomic E-state index is 12.8. The van der Waals surface area contributed by atoms with Gasteiger partial charge in [0.1, 0.15) is 5.75 Å². The first-order valence-electron chi connectivity index (χ1n) is 8.39. The van der Waals surface area contributed by atoms with Crippen LogP contribution in [0.4, 0.5) is 5.69 Å². The first-order valence-corrected chi connectivity index (χ1v) is 10.7. The van der Waals surface area contributed by atoms with E-state index in [0.717, 1.165) is 6.26 Å². The highest BCUT2D eigenvalue weighted by molar-refractivity contribution is 7.90. The van der Waals surface area contributed by atoms with Crippen molar-refractivity contribution < 1.29 is 17.9 Å². The number of hydrogen-bond donors (Lipinski definition) is 1. The Hall–Kier alpha value is -2.83. The number of hydrogen-bond acceptors (Lipinski definition) is 4. The van der Waals surface area contributed by atoms with E-state index >= 15 is 0 Å². The molecule has 0 aliphatic carbocycles. The van der Waals surface area contributed by atoms with Crippen LogP contribution in [0, 0.1) is 6.92 Å². The van der Waals surface area contributed by atoms with Crippen LogP contribution in [0.25, 0.3) is 0 Å². The number of carbonyl (C=O) groups is 1. The Balaban J connectivity index is 1.91. The number of benzene rings is 3. The molecule has 7 heteroatoms. The van der Waals surface area contributed by atoms with Gasteiger partial charge in [0.2, 0.25) is 0 Å². The maximum Gasteiger partial charge on any atom is 0.256 e. The Morgan fingerprint density at radius 1 is 0.964 bits per heavy atom. The van der Waals surface area contributed by atoms with E-state index in [-0.39, 0.29) is 10.5 Å². The molecule has 0 bridgehead atoms. The number of nitrogens with one attached hydrogen (secondary N) is 1. The minimum absolute atomic E-state index is 0.0869. The fourth-order valence-corrected chi connectivity index (χ4v) is 3.39. The lowest BCUT2D eigenvalue weighted by Gasteiger charge is -2.14. The van der Waals surface area contributed by atoms with Gasteiger partial charge < -0.3 is 10.1 Å². The van der Waals surface area contributed by atoms with Crippen molar-refractivity contribution in [2.24, 2.45) is 0 Å². The first kappa shape index (κ1) is 19.9. The van der Waals surface area contributed by atoms with Gasteiger partial charge in [0.15, 0.2) is 15.6 Å². The van der Waals surface area contributed by atoms with E-state index in [1.165, 1.54) is 12.1 Å². The van der Waals surface area contributed by atoms with Crippen molar-refractivity contribution in [1.82, 2.24) is 0 Å². The number of anilines is 1. The number of halogens is 1. The molecule has 0 saturated heterocycles. The third kappa shape index (κ3) is 4.52. The largest absolute Gasteiger partial charge is 0.454 e. The number of aryl methyl sites for hydroxylation is 1. The summed E-state index contributed by atoms with van der Waals surface area (Å²) in [6.07, 6.45) is 1.10. The molecule has 0 aliphatic heterocycles. The van der Waals surface area contributed by atoms with Crippen LogP contribution < -0.4 is 10.1 Å². The van der Waals surface area contributed by atoms with Crippen LogP contribution in [0.1, 0.15) is 15.9 Å². The zero-order chi connectivity index (χ0) is 20.3. The van der Waals surface area contributed by atoms with Gasteiger partial charge in [-0.15, -0.1) is 0 Å². The number of rotatable bonds is 5. The average molecular weight is 416 g/mol. The van der Waals surface area contributed by atoms with Crippen molar-refractivity contribution in [1.29, 1.82) is 0 Å². The molecular weight excluding hydrogens is 398 g/mol. The molecule has 0 radical (unpaired) electrons. The summed E-state index contributed by atoms with van der Waals surface area (Å²) in [7, 11) is -3.42. The van der Waals surface area contributed by atoms with Gasteiger partial charge in [0.05, 0.1) is 15.6 Å². The van der Waals surface area contributed by atoms with Gasteiger partial charge in [0, 0.05) is 11.8 Å². The molecular formula is C21H18ClNO4S. The molecule has 0 fully saturated rings. The Morgan fingerprint density at radius 2 is 1.61 bits per heavy atom. The highest BCUT2D eigenvalue weighted by Gasteiger charge is 2.16. The summed E-state index contributed by atoms with van der Waals surface area (Å²) < 4.78 is 29.4. The summed E-state index contributed by atoms with van der Waals surface area (Å²) in [6, 6.07) is 18.4. The van der Waals surface area contributed by atoms with Crippen LogP contribution in [0.5, 0.6) is 11.5 Å². The molecule has 3 aromatic carbocycles. The van der Waals surface area contributed by atoms with Gasteiger partial charge in [-0.2, -0.15) is 0 Å². The molecule has 0 atom stereocenters. The second kappa shape index (κ2) is 8.04. The molecule has 0 aliphatic rings. The summed E-state index contributed by atoms with van der Waals surface area (Å²) in [5.74, 6) is 0.445. The molecule has 5 nitrogen and oxygen atoms in total. The molecule has 1 amide bonds. The summed E-state index contributed by atoms with van der Waals surface area (Å²) in [5.41, 5.74) is 1.38.